The summed E-state index contributed by atoms with van der Waals surface area (Å²) in [7, 11) is 2.17. The van der Waals surface area contributed by atoms with Crippen LogP contribution >= 0.6 is 0 Å². The minimum atomic E-state index is -0.392. The summed E-state index contributed by atoms with van der Waals surface area (Å²) in [6.45, 7) is 7.55. The molecule has 28 heavy (non-hydrogen) atoms. The van der Waals surface area contributed by atoms with Crippen LogP contribution in [-0.2, 0) is 11.3 Å². The number of aromatic nitrogens is 3. The van der Waals surface area contributed by atoms with Gasteiger partial charge in [-0.1, -0.05) is 24.3 Å². The van der Waals surface area contributed by atoms with Gasteiger partial charge in [-0.2, -0.15) is 0 Å². The monoisotopic (exact) mass is 379 g/mol. The van der Waals surface area contributed by atoms with E-state index in [9.17, 15) is 4.79 Å². The van der Waals surface area contributed by atoms with Crippen LogP contribution in [-0.4, -0.2) is 70.0 Å². The highest BCUT2D eigenvalue weighted by Crippen LogP contribution is 2.21. The topological polar surface area (TPSA) is 63.0 Å². The molecule has 146 valence electrons. The summed E-state index contributed by atoms with van der Waals surface area (Å²) < 4.78 is 6.79. The summed E-state index contributed by atoms with van der Waals surface area (Å²) in [6, 6.07) is 8.54. The largest absolute Gasteiger partial charge is 0.461 e. The molecule has 0 radical (unpaired) electrons. The predicted molar refractivity (Wildman–Crippen MR) is 107 cm³/mol. The van der Waals surface area contributed by atoms with Crippen LogP contribution in [0.2, 0.25) is 0 Å². The number of likely N-dealkylation sites (N-methyl/N-ethyl adjacent to an activating group) is 1. The van der Waals surface area contributed by atoms with Crippen LogP contribution in [0.5, 0.6) is 0 Å². The first-order chi connectivity index (χ1) is 13.6. The van der Waals surface area contributed by atoms with E-state index in [-0.39, 0.29) is 0 Å². The summed E-state index contributed by atoms with van der Waals surface area (Å²) in [4.78, 5) is 25.5. The lowest BCUT2D eigenvalue weighted by molar-refractivity contribution is 0.0518. The molecule has 2 aromatic heterocycles. The van der Waals surface area contributed by atoms with Gasteiger partial charge in [-0.05, 0) is 25.1 Å². The van der Waals surface area contributed by atoms with Crippen LogP contribution in [0.3, 0.4) is 0 Å². The average molecular weight is 379 g/mol. The highest BCUT2D eigenvalue weighted by molar-refractivity contribution is 5.88. The number of nitrogens with zero attached hydrogens (tertiary/aromatic N) is 5. The molecule has 3 heterocycles. The fraction of sp³-hybridized carbons (Fsp3) is 0.381. The lowest BCUT2D eigenvalue weighted by atomic mass is 10.1. The Labute approximate surface area is 164 Å². The Kier molecular flexibility index (Phi) is 5.36. The second kappa shape index (κ2) is 8.08. The first-order valence-corrected chi connectivity index (χ1v) is 9.64. The molecular formula is C21H25N5O2. The lowest BCUT2D eigenvalue weighted by Crippen LogP contribution is -2.43. The van der Waals surface area contributed by atoms with E-state index in [0.29, 0.717) is 18.1 Å². The van der Waals surface area contributed by atoms with Gasteiger partial charge in [-0.15, -0.1) is 0 Å². The number of carbonyl (C=O) groups is 1. The van der Waals surface area contributed by atoms with E-state index in [0.717, 1.165) is 43.9 Å². The molecule has 7 heteroatoms. The van der Waals surface area contributed by atoms with Gasteiger partial charge < -0.3 is 9.64 Å². The highest BCUT2D eigenvalue weighted by atomic mass is 16.5. The predicted octanol–water partition coefficient (Wildman–Crippen LogP) is 2.32. The third-order valence-electron chi connectivity index (χ3n) is 5.14. The number of imidazole rings is 1. The van der Waals surface area contributed by atoms with Gasteiger partial charge in [-0.3, -0.25) is 9.30 Å². The van der Waals surface area contributed by atoms with Crippen molar-refractivity contribution in [3.05, 3.63) is 54.1 Å². The fourth-order valence-corrected chi connectivity index (χ4v) is 3.45. The van der Waals surface area contributed by atoms with E-state index in [4.69, 9.17) is 4.74 Å². The van der Waals surface area contributed by atoms with Crippen molar-refractivity contribution in [2.75, 3.05) is 39.8 Å². The van der Waals surface area contributed by atoms with Crippen LogP contribution in [0, 0.1) is 0 Å². The number of hydrogen-bond acceptors (Lipinski definition) is 6. The molecule has 3 aromatic rings. The molecule has 1 aliphatic heterocycles. The summed E-state index contributed by atoms with van der Waals surface area (Å²) in [5.41, 5.74) is 3.68. The third kappa shape index (κ3) is 3.90. The molecule has 0 atom stereocenters. The molecule has 1 saturated heterocycles. The molecule has 0 unspecified atom stereocenters. The summed E-state index contributed by atoms with van der Waals surface area (Å²) in [6.07, 6.45) is 5.17. The Hall–Kier alpha value is -2.77. The molecule has 0 aliphatic carbocycles. The zero-order chi connectivity index (χ0) is 19.5. The summed E-state index contributed by atoms with van der Waals surface area (Å²) in [5.74, 6) is 0.0926. The quantitative estimate of drug-likeness (QED) is 0.634. The number of esters is 1. The lowest BCUT2D eigenvalue weighted by Gasteiger charge is -2.32. The number of benzene rings is 1. The van der Waals surface area contributed by atoms with Crippen molar-refractivity contribution >= 4 is 11.7 Å². The van der Waals surface area contributed by atoms with E-state index >= 15 is 0 Å². The minimum Gasteiger partial charge on any atom is -0.461 e. The first-order valence-electron chi connectivity index (χ1n) is 9.64. The van der Waals surface area contributed by atoms with Crippen LogP contribution in [0.4, 0.5) is 0 Å². The fourth-order valence-electron chi connectivity index (χ4n) is 3.45. The number of hydrogen-bond donors (Lipinski definition) is 0. The molecule has 1 aliphatic rings. The van der Waals surface area contributed by atoms with Gasteiger partial charge in [0.25, 0.3) is 0 Å². The smallest absolute Gasteiger partial charge is 0.357 e. The Morgan fingerprint density at radius 3 is 2.46 bits per heavy atom. The van der Waals surface area contributed by atoms with Crippen LogP contribution < -0.4 is 0 Å². The van der Waals surface area contributed by atoms with Gasteiger partial charge in [0, 0.05) is 50.7 Å². The molecule has 4 rings (SSSR count). The standard InChI is InChI=1S/C21H25N5O2/c1-3-28-20(27)19-13-23-21-22-12-18(15-26(19)21)17-6-4-16(5-7-17)14-25-10-8-24(2)9-11-25/h4-7,12-13,15H,3,8-11,14H2,1-2H3. The summed E-state index contributed by atoms with van der Waals surface area (Å²) in [5, 5.41) is 0. The van der Waals surface area contributed by atoms with Crippen molar-refractivity contribution in [3.63, 3.8) is 0 Å². The molecule has 0 amide bonds. The van der Waals surface area contributed by atoms with Crippen molar-refractivity contribution < 1.29 is 9.53 Å². The van der Waals surface area contributed by atoms with E-state index in [1.54, 1.807) is 17.5 Å². The van der Waals surface area contributed by atoms with Crippen molar-refractivity contribution in [2.24, 2.45) is 0 Å². The van der Waals surface area contributed by atoms with Gasteiger partial charge >= 0.3 is 5.97 Å². The average Bonchev–Trinajstić information content (AvgIpc) is 3.14. The zero-order valence-corrected chi connectivity index (χ0v) is 16.3. The molecule has 0 N–H and O–H groups in total. The SMILES string of the molecule is CCOC(=O)c1cnc2ncc(-c3ccc(CN4CCN(C)CC4)cc3)cn12. The Morgan fingerprint density at radius 2 is 1.75 bits per heavy atom. The molecular weight excluding hydrogens is 354 g/mol. The van der Waals surface area contributed by atoms with Crippen LogP contribution in [0.15, 0.2) is 42.9 Å². The second-order valence-electron chi connectivity index (χ2n) is 7.15. The molecule has 7 nitrogen and oxygen atoms in total. The Balaban J connectivity index is 1.53. The number of piperazine rings is 1. The molecule has 0 saturated carbocycles. The van der Waals surface area contributed by atoms with Gasteiger partial charge in [-0.25, -0.2) is 14.8 Å². The Morgan fingerprint density at radius 1 is 1.04 bits per heavy atom. The number of ether oxygens (including phenoxy) is 1. The Bertz CT molecular complexity index is 959. The number of rotatable bonds is 5. The number of carbonyl (C=O) groups excluding carboxylic acids is 1. The normalized spacial score (nSPS) is 15.8. The maximum absolute atomic E-state index is 12.1. The van der Waals surface area contributed by atoms with Crippen LogP contribution in [0.25, 0.3) is 16.9 Å². The maximum atomic E-state index is 12.1. The van der Waals surface area contributed by atoms with Crippen molar-refractivity contribution in [1.29, 1.82) is 0 Å². The number of fused-ring (bicyclic) bond motifs is 1. The molecule has 1 fully saturated rings. The molecule has 1 aromatic carbocycles. The van der Waals surface area contributed by atoms with E-state index in [2.05, 4.69) is 51.1 Å². The second-order valence-corrected chi connectivity index (χ2v) is 7.15. The first kappa shape index (κ1) is 18.6. The maximum Gasteiger partial charge on any atom is 0.357 e. The minimum absolute atomic E-state index is 0.327. The molecule has 0 spiro atoms. The third-order valence-corrected chi connectivity index (χ3v) is 5.14. The van der Waals surface area contributed by atoms with Crippen molar-refractivity contribution in [1.82, 2.24) is 24.2 Å². The molecule has 0 bridgehead atoms. The van der Waals surface area contributed by atoms with E-state index in [1.165, 1.54) is 11.8 Å². The van der Waals surface area contributed by atoms with Crippen molar-refractivity contribution in [2.45, 2.75) is 13.5 Å². The highest BCUT2D eigenvalue weighted by Gasteiger charge is 2.15. The van der Waals surface area contributed by atoms with Gasteiger partial charge in [0.15, 0.2) is 5.69 Å². The zero-order valence-electron chi connectivity index (χ0n) is 16.3. The summed E-state index contributed by atoms with van der Waals surface area (Å²) >= 11 is 0. The van der Waals surface area contributed by atoms with E-state index < -0.39 is 5.97 Å². The van der Waals surface area contributed by atoms with Crippen molar-refractivity contribution in [3.8, 4) is 11.1 Å². The van der Waals surface area contributed by atoms with Crippen LogP contribution in [0.1, 0.15) is 23.0 Å². The van der Waals surface area contributed by atoms with E-state index in [1.807, 2.05) is 6.20 Å². The van der Waals surface area contributed by atoms with Gasteiger partial charge in [0.05, 0.1) is 12.8 Å². The van der Waals surface area contributed by atoms with Gasteiger partial charge in [0.1, 0.15) is 0 Å². The van der Waals surface area contributed by atoms with Gasteiger partial charge in [0.2, 0.25) is 5.78 Å².